The number of amides is 1. The van der Waals surface area contributed by atoms with Crippen LogP contribution in [0.5, 0.6) is 0 Å². The molecule has 2 aromatic carbocycles. The predicted molar refractivity (Wildman–Crippen MR) is 113 cm³/mol. The van der Waals surface area contributed by atoms with Crippen LogP contribution < -0.4 is 5.32 Å². The van der Waals surface area contributed by atoms with Crippen LogP contribution >= 0.6 is 0 Å². The van der Waals surface area contributed by atoms with Gasteiger partial charge in [-0.3, -0.25) is 4.79 Å². The van der Waals surface area contributed by atoms with Crippen LogP contribution in [-0.4, -0.2) is 28.8 Å². The highest BCUT2D eigenvalue weighted by Crippen LogP contribution is 2.20. The van der Waals surface area contributed by atoms with Crippen molar-refractivity contribution in [2.24, 2.45) is 0 Å². The predicted octanol–water partition coefficient (Wildman–Crippen LogP) is 3.82. The lowest BCUT2D eigenvalue weighted by atomic mass is 10.0. The summed E-state index contributed by atoms with van der Waals surface area (Å²) < 4.78 is 6.36. The number of ether oxygens (including phenoxy) is 1. The van der Waals surface area contributed by atoms with Gasteiger partial charge in [-0.25, -0.2) is 9.48 Å². The SMILES string of the molecule is COC(=O)c1ccccc1/C=C(\C#N)C(=O)Nc1cc(C)nn1-c1ccc(C)cc1. The second kappa shape index (κ2) is 8.88. The molecule has 30 heavy (non-hydrogen) atoms. The number of esters is 1. The molecule has 0 saturated heterocycles. The number of carbonyl (C=O) groups is 2. The number of aryl methyl sites for hydroxylation is 2. The average molecular weight is 400 g/mol. The first kappa shape index (κ1) is 20.6. The smallest absolute Gasteiger partial charge is 0.338 e. The van der Waals surface area contributed by atoms with Crippen molar-refractivity contribution >= 4 is 23.8 Å². The molecule has 0 aliphatic carbocycles. The highest BCUT2D eigenvalue weighted by molar-refractivity contribution is 6.10. The molecule has 3 rings (SSSR count). The van der Waals surface area contributed by atoms with E-state index in [0.29, 0.717) is 17.1 Å². The van der Waals surface area contributed by atoms with Crippen LogP contribution in [0.2, 0.25) is 0 Å². The molecule has 0 radical (unpaired) electrons. The van der Waals surface area contributed by atoms with Crippen LogP contribution in [0.25, 0.3) is 11.8 Å². The molecule has 7 heteroatoms. The Morgan fingerprint density at radius 2 is 1.83 bits per heavy atom. The monoisotopic (exact) mass is 400 g/mol. The highest BCUT2D eigenvalue weighted by Gasteiger charge is 2.16. The number of methoxy groups -OCH3 is 1. The van der Waals surface area contributed by atoms with E-state index in [-0.39, 0.29) is 11.1 Å². The Kier molecular flexibility index (Phi) is 6.08. The number of carbonyl (C=O) groups excluding carboxylic acids is 2. The van der Waals surface area contributed by atoms with Gasteiger partial charge in [-0.2, -0.15) is 10.4 Å². The summed E-state index contributed by atoms with van der Waals surface area (Å²) in [6.07, 6.45) is 1.36. The molecule has 0 aliphatic rings. The summed E-state index contributed by atoms with van der Waals surface area (Å²) in [6, 6.07) is 17.9. The lowest BCUT2D eigenvalue weighted by Crippen LogP contribution is -2.16. The molecule has 0 saturated carbocycles. The average Bonchev–Trinajstić information content (AvgIpc) is 3.12. The minimum absolute atomic E-state index is 0.152. The molecule has 0 spiro atoms. The Hall–Kier alpha value is -4.18. The van der Waals surface area contributed by atoms with E-state index in [4.69, 9.17) is 4.74 Å². The third kappa shape index (κ3) is 4.45. The van der Waals surface area contributed by atoms with E-state index in [1.165, 1.54) is 13.2 Å². The van der Waals surface area contributed by atoms with Crippen LogP contribution in [0.1, 0.15) is 27.2 Å². The van der Waals surface area contributed by atoms with Gasteiger partial charge in [0.05, 0.1) is 24.1 Å². The summed E-state index contributed by atoms with van der Waals surface area (Å²) in [5.41, 5.74) is 3.13. The van der Waals surface area contributed by atoms with Crippen LogP contribution in [0.3, 0.4) is 0 Å². The Morgan fingerprint density at radius 1 is 1.13 bits per heavy atom. The third-order valence-electron chi connectivity index (χ3n) is 4.38. The van der Waals surface area contributed by atoms with Gasteiger partial charge >= 0.3 is 5.97 Å². The number of aromatic nitrogens is 2. The molecule has 1 amide bonds. The largest absolute Gasteiger partial charge is 0.465 e. The number of hydrogen-bond acceptors (Lipinski definition) is 5. The fraction of sp³-hybridized carbons (Fsp3) is 0.130. The second-order valence-corrected chi connectivity index (χ2v) is 6.62. The number of rotatable bonds is 5. The fourth-order valence-corrected chi connectivity index (χ4v) is 2.88. The topological polar surface area (TPSA) is 97.0 Å². The van der Waals surface area contributed by atoms with Crippen molar-refractivity contribution in [3.05, 3.63) is 82.6 Å². The molecular weight excluding hydrogens is 380 g/mol. The van der Waals surface area contributed by atoms with Crippen molar-refractivity contribution in [1.82, 2.24) is 9.78 Å². The van der Waals surface area contributed by atoms with Gasteiger partial charge in [0.15, 0.2) is 0 Å². The minimum atomic E-state index is -0.606. The van der Waals surface area contributed by atoms with Crippen molar-refractivity contribution in [2.75, 3.05) is 12.4 Å². The van der Waals surface area contributed by atoms with Gasteiger partial charge in [-0.05, 0) is 43.7 Å². The normalized spacial score (nSPS) is 10.9. The number of nitrogens with one attached hydrogen (secondary N) is 1. The maximum Gasteiger partial charge on any atom is 0.338 e. The van der Waals surface area contributed by atoms with E-state index in [1.54, 1.807) is 35.0 Å². The highest BCUT2D eigenvalue weighted by atomic mass is 16.5. The van der Waals surface area contributed by atoms with E-state index in [2.05, 4.69) is 10.4 Å². The standard InChI is InChI=1S/C23H20N4O3/c1-15-8-10-19(11-9-15)27-21(12-16(2)26-27)25-22(28)18(14-24)13-17-6-4-5-7-20(17)23(29)30-3/h4-13H,1-3H3,(H,25,28)/b18-13+. The van der Waals surface area contributed by atoms with Gasteiger partial charge in [0.25, 0.3) is 5.91 Å². The Labute approximate surface area is 174 Å². The Balaban J connectivity index is 1.93. The summed E-state index contributed by atoms with van der Waals surface area (Å²) in [5.74, 6) is -0.721. The lowest BCUT2D eigenvalue weighted by Gasteiger charge is -2.09. The zero-order valence-electron chi connectivity index (χ0n) is 16.8. The molecule has 1 heterocycles. The number of hydrogen-bond donors (Lipinski definition) is 1. The molecule has 0 unspecified atom stereocenters. The number of benzene rings is 2. The summed E-state index contributed by atoms with van der Waals surface area (Å²) in [6.45, 7) is 3.80. The Morgan fingerprint density at radius 3 is 2.50 bits per heavy atom. The summed E-state index contributed by atoms with van der Waals surface area (Å²) >= 11 is 0. The van der Waals surface area contributed by atoms with Gasteiger partial charge in [0.1, 0.15) is 17.5 Å². The maximum atomic E-state index is 12.8. The van der Waals surface area contributed by atoms with E-state index in [9.17, 15) is 14.9 Å². The first-order chi connectivity index (χ1) is 14.4. The van der Waals surface area contributed by atoms with Crippen molar-refractivity contribution in [3.63, 3.8) is 0 Å². The van der Waals surface area contributed by atoms with Crippen LogP contribution in [0, 0.1) is 25.2 Å². The first-order valence-electron chi connectivity index (χ1n) is 9.17. The quantitative estimate of drug-likeness (QED) is 0.399. The van der Waals surface area contributed by atoms with Gasteiger partial charge in [-0.1, -0.05) is 35.9 Å². The molecule has 0 bridgehead atoms. The van der Waals surface area contributed by atoms with E-state index in [0.717, 1.165) is 11.3 Å². The third-order valence-corrected chi connectivity index (χ3v) is 4.38. The van der Waals surface area contributed by atoms with Gasteiger partial charge in [0.2, 0.25) is 0 Å². The molecule has 1 N–H and O–H groups in total. The van der Waals surface area contributed by atoms with Crippen molar-refractivity contribution in [3.8, 4) is 11.8 Å². The van der Waals surface area contributed by atoms with Crippen LogP contribution in [-0.2, 0) is 9.53 Å². The zero-order chi connectivity index (χ0) is 21.7. The molecule has 0 aliphatic heterocycles. The number of anilines is 1. The zero-order valence-corrected chi connectivity index (χ0v) is 16.8. The summed E-state index contributed by atoms with van der Waals surface area (Å²) in [4.78, 5) is 24.7. The van der Waals surface area contributed by atoms with E-state index >= 15 is 0 Å². The first-order valence-corrected chi connectivity index (χ1v) is 9.17. The van der Waals surface area contributed by atoms with Gasteiger partial charge in [0, 0.05) is 6.07 Å². The minimum Gasteiger partial charge on any atom is -0.465 e. The van der Waals surface area contributed by atoms with Crippen molar-refractivity contribution in [1.29, 1.82) is 5.26 Å². The summed E-state index contributed by atoms with van der Waals surface area (Å²) in [5, 5.41) is 16.7. The number of nitrogens with zero attached hydrogens (tertiary/aromatic N) is 3. The molecule has 1 aromatic heterocycles. The second-order valence-electron chi connectivity index (χ2n) is 6.62. The molecule has 0 fully saturated rings. The molecular formula is C23H20N4O3. The number of nitriles is 1. The van der Waals surface area contributed by atoms with E-state index < -0.39 is 11.9 Å². The molecule has 3 aromatic rings. The molecule has 0 atom stereocenters. The van der Waals surface area contributed by atoms with E-state index in [1.807, 2.05) is 44.2 Å². The summed E-state index contributed by atoms with van der Waals surface area (Å²) in [7, 11) is 1.27. The lowest BCUT2D eigenvalue weighted by molar-refractivity contribution is -0.112. The van der Waals surface area contributed by atoms with Crippen LogP contribution in [0.4, 0.5) is 5.82 Å². The Bertz CT molecular complexity index is 1170. The fourth-order valence-electron chi connectivity index (χ4n) is 2.88. The van der Waals surface area contributed by atoms with Crippen molar-refractivity contribution in [2.45, 2.75) is 13.8 Å². The van der Waals surface area contributed by atoms with Gasteiger partial charge in [-0.15, -0.1) is 0 Å². The van der Waals surface area contributed by atoms with Crippen molar-refractivity contribution < 1.29 is 14.3 Å². The van der Waals surface area contributed by atoms with Crippen LogP contribution in [0.15, 0.2) is 60.2 Å². The molecule has 7 nitrogen and oxygen atoms in total. The van der Waals surface area contributed by atoms with Gasteiger partial charge < -0.3 is 10.1 Å². The maximum absolute atomic E-state index is 12.8. The molecule has 150 valence electrons.